The highest BCUT2D eigenvalue weighted by atomic mass is 19.2. The summed E-state index contributed by atoms with van der Waals surface area (Å²) in [5.74, 6) is -3.15. The van der Waals surface area contributed by atoms with Crippen LogP contribution in [0.1, 0.15) is 10.5 Å². The number of nitrogens with one attached hydrogen (secondary N) is 1. The SMILES string of the molecule is O=C(O)c1cc(-c2cnoc2-c2cccc(F)c2F)c[nH]1. The topological polar surface area (TPSA) is 79.1 Å². The number of nitrogens with zero attached hydrogens (tertiary/aromatic N) is 1. The Morgan fingerprint density at radius 1 is 1.29 bits per heavy atom. The lowest BCUT2D eigenvalue weighted by Gasteiger charge is -2.02. The Morgan fingerprint density at radius 2 is 2.10 bits per heavy atom. The molecule has 3 aromatic rings. The molecule has 21 heavy (non-hydrogen) atoms. The molecule has 0 saturated carbocycles. The molecular formula is C14H8F2N2O3. The molecule has 106 valence electrons. The molecule has 0 saturated heterocycles. The average molecular weight is 290 g/mol. The van der Waals surface area contributed by atoms with Crippen LogP contribution >= 0.6 is 0 Å². The van der Waals surface area contributed by atoms with Crippen LogP contribution in [-0.4, -0.2) is 21.2 Å². The van der Waals surface area contributed by atoms with Gasteiger partial charge in [-0.3, -0.25) is 0 Å². The number of aromatic amines is 1. The number of hydrogen-bond donors (Lipinski definition) is 2. The fourth-order valence-electron chi connectivity index (χ4n) is 1.99. The van der Waals surface area contributed by atoms with Gasteiger partial charge in [-0.1, -0.05) is 11.2 Å². The molecule has 2 aromatic heterocycles. The van der Waals surface area contributed by atoms with E-state index in [1.54, 1.807) is 0 Å². The molecule has 0 unspecified atom stereocenters. The van der Waals surface area contributed by atoms with Crippen molar-refractivity contribution in [2.45, 2.75) is 0 Å². The molecule has 7 heteroatoms. The second-order valence-electron chi connectivity index (χ2n) is 4.28. The average Bonchev–Trinajstić information content (AvgIpc) is 3.09. The summed E-state index contributed by atoms with van der Waals surface area (Å²) in [4.78, 5) is 13.4. The first-order chi connectivity index (χ1) is 10.1. The van der Waals surface area contributed by atoms with Crippen molar-refractivity contribution in [2.75, 3.05) is 0 Å². The van der Waals surface area contributed by atoms with Crippen molar-refractivity contribution >= 4 is 5.97 Å². The molecule has 0 aliphatic rings. The van der Waals surface area contributed by atoms with Gasteiger partial charge in [0.15, 0.2) is 17.4 Å². The van der Waals surface area contributed by atoms with Gasteiger partial charge in [0.2, 0.25) is 0 Å². The molecule has 0 spiro atoms. The molecule has 2 N–H and O–H groups in total. The number of carboxylic acid groups (broad SMARTS) is 1. The van der Waals surface area contributed by atoms with Gasteiger partial charge in [-0.05, 0) is 18.2 Å². The molecule has 0 bridgehead atoms. The van der Waals surface area contributed by atoms with Gasteiger partial charge in [-0.2, -0.15) is 0 Å². The van der Waals surface area contributed by atoms with Crippen molar-refractivity contribution in [1.29, 1.82) is 0 Å². The number of benzene rings is 1. The zero-order valence-corrected chi connectivity index (χ0v) is 10.4. The molecule has 0 atom stereocenters. The first-order valence-corrected chi connectivity index (χ1v) is 5.89. The predicted octanol–water partition coefficient (Wildman–Crippen LogP) is 3.31. The molecule has 5 nitrogen and oxygen atoms in total. The maximum Gasteiger partial charge on any atom is 0.352 e. The third-order valence-corrected chi connectivity index (χ3v) is 2.99. The highest BCUT2D eigenvalue weighted by molar-refractivity contribution is 5.89. The molecular weight excluding hydrogens is 282 g/mol. The van der Waals surface area contributed by atoms with E-state index < -0.39 is 17.6 Å². The van der Waals surface area contributed by atoms with Gasteiger partial charge in [0.1, 0.15) is 5.69 Å². The Morgan fingerprint density at radius 3 is 2.81 bits per heavy atom. The lowest BCUT2D eigenvalue weighted by atomic mass is 10.0. The van der Waals surface area contributed by atoms with E-state index in [1.807, 2.05) is 0 Å². The normalized spacial score (nSPS) is 10.8. The van der Waals surface area contributed by atoms with Gasteiger partial charge in [-0.15, -0.1) is 0 Å². The summed E-state index contributed by atoms with van der Waals surface area (Å²) < 4.78 is 32.1. The lowest BCUT2D eigenvalue weighted by molar-refractivity contribution is 0.0691. The number of halogens is 2. The van der Waals surface area contributed by atoms with E-state index >= 15 is 0 Å². The van der Waals surface area contributed by atoms with Crippen molar-refractivity contribution in [3.05, 3.63) is 54.0 Å². The van der Waals surface area contributed by atoms with E-state index in [0.717, 1.165) is 6.07 Å². The van der Waals surface area contributed by atoms with E-state index in [0.29, 0.717) is 11.1 Å². The molecule has 0 fully saturated rings. The van der Waals surface area contributed by atoms with Crippen molar-refractivity contribution in [1.82, 2.24) is 10.1 Å². The second-order valence-corrected chi connectivity index (χ2v) is 4.28. The van der Waals surface area contributed by atoms with Crippen LogP contribution in [0.4, 0.5) is 8.78 Å². The summed E-state index contributed by atoms with van der Waals surface area (Å²) in [7, 11) is 0. The zero-order valence-electron chi connectivity index (χ0n) is 10.4. The number of rotatable bonds is 3. The number of aromatic carboxylic acids is 1. The molecule has 1 aromatic carbocycles. The predicted molar refractivity (Wildman–Crippen MR) is 68.6 cm³/mol. The van der Waals surface area contributed by atoms with E-state index in [4.69, 9.17) is 9.63 Å². The summed E-state index contributed by atoms with van der Waals surface area (Å²) in [6.07, 6.45) is 2.74. The third kappa shape index (κ3) is 2.18. The highest BCUT2D eigenvalue weighted by Gasteiger charge is 2.20. The second kappa shape index (κ2) is 4.86. The summed E-state index contributed by atoms with van der Waals surface area (Å²) in [6, 6.07) is 5.05. The monoisotopic (exact) mass is 290 g/mol. The van der Waals surface area contributed by atoms with Crippen molar-refractivity contribution in [3.63, 3.8) is 0 Å². The largest absolute Gasteiger partial charge is 0.477 e. The van der Waals surface area contributed by atoms with Gasteiger partial charge < -0.3 is 14.6 Å². The van der Waals surface area contributed by atoms with Crippen molar-refractivity contribution in [2.24, 2.45) is 0 Å². The lowest BCUT2D eigenvalue weighted by Crippen LogP contribution is -1.94. The van der Waals surface area contributed by atoms with Crippen LogP contribution < -0.4 is 0 Å². The Bertz CT molecular complexity index is 823. The quantitative estimate of drug-likeness (QED) is 0.775. The Kier molecular flexibility index (Phi) is 3.02. The molecule has 2 heterocycles. The number of hydrogen-bond acceptors (Lipinski definition) is 3. The minimum atomic E-state index is -1.13. The summed E-state index contributed by atoms with van der Waals surface area (Å²) in [5, 5.41) is 12.5. The van der Waals surface area contributed by atoms with Crippen LogP contribution in [0.3, 0.4) is 0 Å². The molecule has 0 amide bonds. The zero-order chi connectivity index (χ0) is 15.0. The van der Waals surface area contributed by atoms with Crippen LogP contribution in [0.15, 0.2) is 41.2 Å². The van der Waals surface area contributed by atoms with Gasteiger partial charge in [-0.25, -0.2) is 13.6 Å². The number of carbonyl (C=O) groups is 1. The Balaban J connectivity index is 2.12. The van der Waals surface area contributed by atoms with E-state index in [1.165, 1.54) is 30.6 Å². The van der Waals surface area contributed by atoms with Gasteiger partial charge in [0.05, 0.1) is 17.3 Å². The van der Waals surface area contributed by atoms with E-state index in [-0.39, 0.29) is 17.0 Å². The number of carboxylic acids is 1. The molecule has 3 rings (SSSR count). The standard InChI is InChI=1S/C14H8F2N2O3/c15-10-3-1-2-8(12(10)16)13-9(6-18-21-13)7-4-11(14(19)20)17-5-7/h1-6,17H,(H,19,20). The molecule has 0 radical (unpaired) electrons. The molecule has 0 aliphatic heterocycles. The van der Waals surface area contributed by atoms with Gasteiger partial charge in [0, 0.05) is 11.8 Å². The van der Waals surface area contributed by atoms with E-state index in [9.17, 15) is 13.6 Å². The van der Waals surface area contributed by atoms with Crippen LogP contribution in [0.5, 0.6) is 0 Å². The minimum absolute atomic E-state index is 0.0305. The third-order valence-electron chi connectivity index (χ3n) is 2.99. The van der Waals surface area contributed by atoms with Crippen molar-refractivity contribution < 1.29 is 23.2 Å². The fraction of sp³-hybridized carbons (Fsp3) is 0. The Labute approximate surface area is 116 Å². The van der Waals surface area contributed by atoms with Crippen LogP contribution in [0.2, 0.25) is 0 Å². The maximum atomic E-state index is 13.8. The van der Waals surface area contributed by atoms with Crippen molar-refractivity contribution in [3.8, 4) is 22.5 Å². The van der Waals surface area contributed by atoms with Gasteiger partial charge >= 0.3 is 5.97 Å². The first kappa shape index (κ1) is 13.0. The van der Waals surface area contributed by atoms with Crippen LogP contribution in [0, 0.1) is 11.6 Å². The van der Waals surface area contributed by atoms with Crippen LogP contribution in [0.25, 0.3) is 22.5 Å². The van der Waals surface area contributed by atoms with Gasteiger partial charge in [0.25, 0.3) is 0 Å². The Hall–Kier alpha value is -2.96. The fourth-order valence-corrected chi connectivity index (χ4v) is 1.99. The summed E-state index contributed by atoms with van der Waals surface area (Å²) in [5.41, 5.74) is 0.702. The molecule has 0 aliphatic carbocycles. The first-order valence-electron chi connectivity index (χ1n) is 5.89. The number of H-pyrrole nitrogens is 1. The highest BCUT2D eigenvalue weighted by Crippen LogP contribution is 2.34. The van der Waals surface area contributed by atoms with Crippen LogP contribution in [-0.2, 0) is 0 Å². The maximum absolute atomic E-state index is 13.8. The van der Waals surface area contributed by atoms with E-state index in [2.05, 4.69) is 10.1 Å². The smallest absolute Gasteiger partial charge is 0.352 e. The minimum Gasteiger partial charge on any atom is -0.477 e. The summed E-state index contributed by atoms with van der Waals surface area (Å²) >= 11 is 0. The number of aromatic nitrogens is 2. The summed E-state index contributed by atoms with van der Waals surface area (Å²) in [6.45, 7) is 0.